The molecule has 5 heteroatoms. The normalized spacial score (nSPS) is 10.7. The third kappa shape index (κ3) is 2.53. The van der Waals surface area contributed by atoms with E-state index >= 15 is 0 Å². The molecule has 21 heavy (non-hydrogen) atoms. The van der Waals surface area contributed by atoms with Crippen LogP contribution < -0.4 is 5.73 Å². The van der Waals surface area contributed by atoms with Gasteiger partial charge in [-0.3, -0.25) is 0 Å². The Balaban J connectivity index is 2.14. The molecule has 1 aromatic heterocycles. The number of hydrogen-bond acceptors (Lipinski definition) is 4. The monoisotopic (exact) mass is 279 g/mol. The third-order valence-electron chi connectivity index (χ3n) is 3.27. The molecule has 104 valence electrons. The number of carboxylic acid groups (broad SMARTS) is 1. The van der Waals surface area contributed by atoms with Gasteiger partial charge in [0.25, 0.3) is 0 Å². The summed E-state index contributed by atoms with van der Waals surface area (Å²) in [4.78, 5) is 18.9. The Bertz CT molecular complexity index is 816. The molecule has 5 nitrogen and oxygen atoms in total. The van der Waals surface area contributed by atoms with Crippen LogP contribution in [0.15, 0.2) is 48.5 Å². The van der Waals surface area contributed by atoms with E-state index in [-0.39, 0.29) is 11.6 Å². The van der Waals surface area contributed by atoms with Gasteiger partial charge in [-0.2, -0.15) is 0 Å². The molecule has 0 spiro atoms. The largest absolute Gasteiger partial charge is 0.475 e. The number of anilines is 1. The van der Waals surface area contributed by atoms with Crippen molar-refractivity contribution in [3.05, 3.63) is 65.5 Å². The molecule has 1 heterocycles. The molecule has 0 saturated heterocycles. The smallest absolute Gasteiger partial charge is 0.374 e. The predicted octanol–water partition coefficient (Wildman–Crippen LogP) is 2.50. The number of fused-ring (bicyclic) bond motifs is 1. The summed E-state index contributed by atoms with van der Waals surface area (Å²) in [5, 5.41) is 9.71. The van der Waals surface area contributed by atoms with E-state index in [0.29, 0.717) is 17.3 Å². The van der Waals surface area contributed by atoms with Crippen molar-refractivity contribution in [2.24, 2.45) is 0 Å². The molecule has 3 rings (SSSR count). The second-order valence-corrected chi connectivity index (χ2v) is 4.71. The standard InChI is InChI=1S/C16H13N3O2/c17-14-13-11(9-10-5-2-1-3-6-10)7-4-8-12(13)18-15(19-14)16(20)21/h1-8H,9H2,(H,20,21)(H2,17,18,19). The number of hydrogen-bond donors (Lipinski definition) is 2. The minimum atomic E-state index is -1.18. The van der Waals surface area contributed by atoms with E-state index in [0.717, 1.165) is 11.1 Å². The van der Waals surface area contributed by atoms with E-state index in [1.807, 2.05) is 42.5 Å². The van der Waals surface area contributed by atoms with Crippen LogP contribution in [0.3, 0.4) is 0 Å². The van der Waals surface area contributed by atoms with Crippen LogP contribution in [0.5, 0.6) is 0 Å². The lowest BCUT2D eigenvalue weighted by molar-refractivity contribution is 0.0684. The van der Waals surface area contributed by atoms with Crippen LogP contribution in [0.1, 0.15) is 21.7 Å². The number of nitrogen functional groups attached to an aromatic ring is 1. The van der Waals surface area contributed by atoms with Crippen molar-refractivity contribution >= 4 is 22.7 Å². The molecule has 0 fully saturated rings. The van der Waals surface area contributed by atoms with Crippen molar-refractivity contribution in [1.29, 1.82) is 0 Å². The van der Waals surface area contributed by atoms with Crippen molar-refractivity contribution in [2.45, 2.75) is 6.42 Å². The zero-order valence-corrected chi connectivity index (χ0v) is 11.2. The number of carbonyl (C=O) groups is 1. The lowest BCUT2D eigenvalue weighted by Gasteiger charge is -2.09. The van der Waals surface area contributed by atoms with Crippen molar-refractivity contribution in [2.75, 3.05) is 5.73 Å². The van der Waals surface area contributed by atoms with Gasteiger partial charge < -0.3 is 10.8 Å². The first-order valence-corrected chi connectivity index (χ1v) is 6.47. The zero-order valence-electron chi connectivity index (χ0n) is 11.2. The van der Waals surface area contributed by atoms with Crippen LogP contribution in [0.2, 0.25) is 0 Å². The number of rotatable bonds is 3. The van der Waals surface area contributed by atoms with Crippen LogP contribution in [-0.2, 0) is 6.42 Å². The van der Waals surface area contributed by atoms with Crippen LogP contribution in [0.4, 0.5) is 5.82 Å². The summed E-state index contributed by atoms with van der Waals surface area (Å²) in [5.74, 6) is -1.27. The first kappa shape index (κ1) is 13.1. The van der Waals surface area contributed by atoms with Crippen LogP contribution in [0, 0.1) is 0 Å². The minimum Gasteiger partial charge on any atom is -0.475 e. The number of carboxylic acids is 1. The summed E-state index contributed by atoms with van der Waals surface area (Å²) in [7, 11) is 0. The van der Waals surface area contributed by atoms with E-state index < -0.39 is 5.97 Å². The number of aromatic carboxylic acids is 1. The highest BCUT2D eigenvalue weighted by molar-refractivity contribution is 5.95. The second-order valence-electron chi connectivity index (χ2n) is 4.71. The number of nitrogens with zero attached hydrogens (tertiary/aromatic N) is 2. The molecule has 0 amide bonds. The van der Waals surface area contributed by atoms with E-state index in [1.165, 1.54) is 0 Å². The van der Waals surface area contributed by atoms with Gasteiger partial charge in [0.15, 0.2) is 0 Å². The summed E-state index contributed by atoms with van der Waals surface area (Å²) in [6, 6.07) is 15.5. The van der Waals surface area contributed by atoms with Crippen molar-refractivity contribution in [1.82, 2.24) is 9.97 Å². The number of benzene rings is 2. The number of nitrogens with two attached hydrogens (primary N) is 1. The van der Waals surface area contributed by atoms with Gasteiger partial charge in [-0.05, 0) is 23.6 Å². The summed E-state index contributed by atoms with van der Waals surface area (Å²) >= 11 is 0. The molecule has 3 N–H and O–H groups in total. The molecule has 0 aliphatic rings. The topological polar surface area (TPSA) is 89.1 Å². The van der Waals surface area contributed by atoms with Gasteiger partial charge in [0.05, 0.1) is 5.52 Å². The average Bonchev–Trinajstić information content (AvgIpc) is 2.48. The first-order valence-electron chi connectivity index (χ1n) is 6.47. The first-order chi connectivity index (χ1) is 10.1. The Morgan fingerprint density at radius 1 is 1.05 bits per heavy atom. The fourth-order valence-electron chi connectivity index (χ4n) is 2.34. The van der Waals surface area contributed by atoms with Gasteiger partial charge in [0.2, 0.25) is 5.82 Å². The molecule has 0 aliphatic carbocycles. The molecule has 0 unspecified atom stereocenters. The Kier molecular flexibility index (Phi) is 3.23. The minimum absolute atomic E-state index is 0.198. The van der Waals surface area contributed by atoms with E-state index in [9.17, 15) is 4.79 Å². The molecule has 3 aromatic rings. The maximum Gasteiger partial charge on any atom is 0.374 e. The Morgan fingerprint density at radius 3 is 2.52 bits per heavy atom. The van der Waals surface area contributed by atoms with Gasteiger partial charge in [-0.15, -0.1) is 0 Å². The van der Waals surface area contributed by atoms with Crippen LogP contribution in [-0.4, -0.2) is 21.0 Å². The molecule has 2 aromatic carbocycles. The van der Waals surface area contributed by atoms with Gasteiger partial charge in [-0.1, -0.05) is 42.5 Å². The number of aromatic nitrogens is 2. The maximum atomic E-state index is 11.0. The lowest BCUT2D eigenvalue weighted by Crippen LogP contribution is -2.08. The summed E-state index contributed by atoms with van der Waals surface area (Å²) in [6.45, 7) is 0. The second kappa shape index (κ2) is 5.20. The molecular weight excluding hydrogens is 266 g/mol. The molecular formula is C16H13N3O2. The van der Waals surface area contributed by atoms with Crippen LogP contribution >= 0.6 is 0 Å². The fourth-order valence-corrected chi connectivity index (χ4v) is 2.34. The van der Waals surface area contributed by atoms with E-state index in [2.05, 4.69) is 9.97 Å². The van der Waals surface area contributed by atoms with Crippen molar-refractivity contribution < 1.29 is 9.90 Å². The molecule has 0 aliphatic heterocycles. The highest BCUT2D eigenvalue weighted by Gasteiger charge is 2.13. The van der Waals surface area contributed by atoms with Crippen molar-refractivity contribution in [3.8, 4) is 0 Å². The predicted molar refractivity (Wildman–Crippen MR) is 80.2 cm³/mol. The molecule has 0 bridgehead atoms. The lowest BCUT2D eigenvalue weighted by atomic mass is 10.0. The molecule has 0 radical (unpaired) electrons. The summed E-state index contributed by atoms with van der Waals surface area (Å²) in [6.07, 6.45) is 0.693. The maximum absolute atomic E-state index is 11.0. The summed E-state index contributed by atoms with van der Waals surface area (Å²) in [5.41, 5.74) is 8.61. The van der Waals surface area contributed by atoms with E-state index in [1.54, 1.807) is 6.07 Å². The molecule has 0 atom stereocenters. The van der Waals surface area contributed by atoms with Gasteiger partial charge in [0, 0.05) is 5.39 Å². The Morgan fingerprint density at radius 2 is 1.81 bits per heavy atom. The van der Waals surface area contributed by atoms with Crippen molar-refractivity contribution in [3.63, 3.8) is 0 Å². The average molecular weight is 279 g/mol. The zero-order chi connectivity index (χ0) is 14.8. The molecule has 0 saturated carbocycles. The highest BCUT2D eigenvalue weighted by atomic mass is 16.4. The Hall–Kier alpha value is -2.95. The quantitative estimate of drug-likeness (QED) is 0.769. The van der Waals surface area contributed by atoms with Crippen LogP contribution in [0.25, 0.3) is 10.9 Å². The Labute approximate surface area is 121 Å². The van der Waals surface area contributed by atoms with Gasteiger partial charge in [-0.25, -0.2) is 14.8 Å². The van der Waals surface area contributed by atoms with E-state index in [4.69, 9.17) is 10.8 Å². The SMILES string of the molecule is Nc1nc(C(=O)O)nc2cccc(Cc3ccccc3)c12. The van der Waals surface area contributed by atoms with Gasteiger partial charge >= 0.3 is 5.97 Å². The fraction of sp³-hybridized carbons (Fsp3) is 0.0625. The van der Waals surface area contributed by atoms with Gasteiger partial charge in [0.1, 0.15) is 5.82 Å². The third-order valence-corrected chi connectivity index (χ3v) is 3.27. The highest BCUT2D eigenvalue weighted by Crippen LogP contribution is 2.24. The summed E-state index contributed by atoms with van der Waals surface area (Å²) < 4.78 is 0.